The van der Waals surface area contributed by atoms with Crippen LogP contribution in [0.1, 0.15) is 31.4 Å². The molecule has 0 heterocycles. The van der Waals surface area contributed by atoms with Crippen LogP contribution in [-0.4, -0.2) is 30.2 Å². The molecule has 0 aliphatic rings. The van der Waals surface area contributed by atoms with E-state index in [4.69, 9.17) is 14.6 Å². The van der Waals surface area contributed by atoms with Gasteiger partial charge in [0.15, 0.2) is 6.61 Å². The molecule has 0 aliphatic heterocycles. The van der Waals surface area contributed by atoms with Crippen molar-refractivity contribution in [2.45, 2.75) is 25.8 Å². The van der Waals surface area contributed by atoms with E-state index < -0.39 is 12.6 Å². The van der Waals surface area contributed by atoms with Crippen molar-refractivity contribution in [1.82, 2.24) is 5.32 Å². The third kappa shape index (κ3) is 7.35. The van der Waals surface area contributed by atoms with Crippen molar-refractivity contribution in [3.8, 4) is 11.5 Å². The molecule has 2 aromatic carbocycles. The van der Waals surface area contributed by atoms with E-state index in [1.165, 1.54) is 12.1 Å². The number of rotatable bonds is 10. The van der Waals surface area contributed by atoms with Gasteiger partial charge in [-0.25, -0.2) is 9.18 Å². The molecule has 0 bridgehead atoms. The lowest BCUT2D eigenvalue weighted by molar-refractivity contribution is -0.139. The van der Waals surface area contributed by atoms with Gasteiger partial charge in [-0.3, -0.25) is 4.79 Å². The van der Waals surface area contributed by atoms with Crippen LogP contribution in [0.2, 0.25) is 0 Å². The summed E-state index contributed by atoms with van der Waals surface area (Å²) in [5.74, 6) is -0.440. The van der Waals surface area contributed by atoms with E-state index in [1.54, 1.807) is 36.4 Å². The molecule has 0 fully saturated rings. The average Bonchev–Trinajstić information content (AvgIpc) is 2.65. The third-order valence-electron chi connectivity index (χ3n) is 3.75. The van der Waals surface area contributed by atoms with Gasteiger partial charge in [-0.1, -0.05) is 12.1 Å². The van der Waals surface area contributed by atoms with Crippen LogP contribution >= 0.6 is 0 Å². The highest BCUT2D eigenvalue weighted by Gasteiger charge is 2.10. The number of halogens is 1. The maximum Gasteiger partial charge on any atom is 0.341 e. The van der Waals surface area contributed by atoms with Gasteiger partial charge in [0, 0.05) is 6.42 Å². The summed E-state index contributed by atoms with van der Waals surface area (Å²) in [6.45, 7) is 1.83. The first-order chi connectivity index (χ1) is 12.9. The lowest BCUT2D eigenvalue weighted by atomic mass is 10.1. The van der Waals surface area contributed by atoms with Gasteiger partial charge in [0.05, 0.1) is 12.6 Å². The lowest BCUT2D eigenvalue weighted by Crippen LogP contribution is -2.26. The number of carbonyl (C=O) groups is 2. The Kier molecular flexibility index (Phi) is 7.61. The van der Waals surface area contributed by atoms with Crippen molar-refractivity contribution in [1.29, 1.82) is 0 Å². The van der Waals surface area contributed by atoms with Crippen LogP contribution in [0.4, 0.5) is 4.39 Å². The molecule has 1 atom stereocenters. The van der Waals surface area contributed by atoms with Crippen LogP contribution in [0.3, 0.4) is 0 Å². The van der Waals surface area contributed by atoms with E-state index >= 15 is 0 Å². The summed E-state index contributed by atoms with van der Waals surface area (Å²) < 4.78 is 23.3. The van der Waals surface area contributed by atoms with Crippen LogP contribution in [0.15, 0.2) is 48.5 Å². The Labute approximate surface area is 156 Å². The number of nitrogens with one attached hydrogen (secondary N) is 1. The second-order valence-corrected chi connectivity index (χ2v) is 5.95. The topological polar surface area (TPSA) is 84.9 Å². The van der Waals surface area contributed by atoms with Crippen LogP contribution in [0.25, 0.3) is 0 Å². The summed E-state index contributed by atoms with van der Waals surface area (Å²) in [4.78, 5) is 22.5. The smallest absolute Gasteiger partial charge is 0.341 e. The van der Waals surface area contributed by atoms with E-state index in [2.05, 4.69) is 5.32 Å². The number of carboxylic acid groups (broad SMARTS) is 1. The standard InChI is InChI=1S/C20H22FNO5/c1-14(15-4-8-18(9-5-15)27-13-20(24)25)22-19(23)3-2-12-26-17-10-6-16(21)7-11-17/h4-11,14H,2-3,12-13H2,1H3,(H,22,23)(H,24,25). The molecule has 6 nitrogen and oxygen atoms in total. The zero-order valence-corrected chi connectivity index (χ0v) is 15.0. The van der Waals surface area contributed by atoms with Crippen LogP contribution < -0.4 is 14.8 Å². The summed E-state index contributed by atoms with van der Waals surface area (Å²) >= 11 is 0. The average molecular weight is 375 g/mol. The molecule has 0 radical (unpaired) electrons. The van der Waals surface area contributed by atoms with Gasteiger partial charge >= 0.3 is 5.97 Å². The van der Waals surface area contributed by atoms with Crippen molar-refractivity contribution < 1.29 is 28.6 Å². The van der Waals surface area contributed by atoms with Gasteiger partial charge < -0.3 is 19.9 Å². The zero-order valence-electron chi connectivity index (χ0n) is 15.0. The maximum atomic E-state index is 12.8. The SMILES string of the molecule is CC(NC(=O)CCCOc1ccc(F)cc1)c1ccc(OCC(=O)O)cc1. The quantitative estimate of drug-likeness (QED) is 0.622. The van der Waals surface area contributed by atoms with Crippen molar-refractivity contribution >= 4 is 11.9 Å². The van der Waals surface area contributed by atoms with Gasteiger partial charge in [-0.2, -0.15) is 0 Å². The number of hydrogen-bond donors (Lipinski definition) is 2. The number of benzene rings is 2. The Bertz CT molecular complexity index is 746. The summed E-state index contributed by atoms with van der Waals surface area (Å²) in [5, 5.41) is 11.5. The molecule has 2 N–H and O–H groups in total. The first kappa shape index (κ1) is 20.2. The van der Waals surface area contributed by atoms with E-state index in [1.807, 2.05) is 6.92 Å². The Morgan fingerprint density at radius 1 is 1.04 bits per heavy atom. The summed E-state index contributed by atoms with van der Waals surface area (Å²) in [7, 11) is 0. The van der Waals surface area contributed by atoms with E-state index in [0.29, 0.717) is 30.9 Å². The number of ether oxygens (including phenoxy) is 2. The molecular formula is C20H22FNO5. The number of aliphatic carboxylic acids is 1. The predicted molar refractivity (Wildman–Crippen MR) is 97.3 cm³/mol. The van der Waals surface area contributed by atoms with Crippen LogP contribution in [-0.2, 0) is 9.59 Å². The fraction of sp³-hybridized carbons (Fsp3) is 0.300. The second kappa shape index (κ2) is 10.2. The maximum absolute atomic E-state index is 12.8. The number of carboxylic acids is 1. The molecule has 0 aromatic heterocycles. The van der Waals surface area contributed by atoms with Crippen LogP contribution in [0, 0.1) is 5.82 Å². The fourth-order valence-electron chi connectivity index (χ4n) is 2.35. The van der Waals surface area contributed by atoms with Gasteiger partial charge in [-0.15, -0.1) is 0 Å². The van der Waals surface area contributed by atoms with E-state index in [-0.39, 0.29) is 17.8 Å². The van der Waals surface area contributed by atoms with Gasteiger partial charge in [-0.05, 0) is 55.3 Å². The lowest BCUT2D eigenvalue weighted by Gasteiger charge is -2.15. The molecular weight excluding hydrogens is 353 g/mol. The largest absolute Gasteiger partial charge is 0.494 e. The molecule has 1 unspecified atom stereocenters. The molecule has 7 heteroatoms. The van der Waals surface area contributed by atoms with Crippen LogP contribution in [0.5, 0.6) is 11.5 Å². The predicted octanol–water partition coefficient (Wildman–Crippen LogP) is 3.33. The second-order valence-electron chi connectivity index (χ2n) is 5.95. The van der Waals surface area contributed by atoms with Gasteiger partial charge in [0.25, 0.3) is 0 Å². The zero-order chi connectivity index (χ0) is 19.6. The van der Waals surface area contributed by atoms with Crippen molar-refractivity contribution in [3.63, 3.8) is 0 Å². The van der Waals surface area contributed by atoms with Gasteiger partial charge in [0.2, 0.25) is 5.91 Å². The van der Waals surface area contributed by atoms with E-state index in [0.717, 1.165) is 5.56 Å². The molecule has 2 rings (SSSR count). The molecule has 144 valence electrons. The minimum absolute atomic E-state index is 0.101. The Morgan fingerprint density at radius 3 is 2.26 bits per heavy atom. The number of carbonyl (C=O) groups excluding carboxylic acids is 1. The highest BCUT2D eigenvalue weighted by atomic mass is 19.1. The first-order valence-corrected chi connectivity index (χ1v) is 8.56. The molecule has 0 spiro atoms. The fourth-order valence-corrected chi connectivity index (χ4v) is 2.35. The number of hydrogen-bond acceptors (Lipinski definition) is 4. The van der Waals surface area contributed by atoms with E-state index in [9.17, 15) is 14.0 Å². The Hall–Kier alpha value is -3.09. The molecule has 0 saturated carbocycles. The van der Waals surface area contributed by atoms with Crippen molar-refractivity contribution in [2.75, 3.05) is 13.2 Å². The molecule has 0 saturated heterocycles. The Morgan fingerprint density at radius 2 is 1.63 bits per heavy atom. The monoisotopic (exact) mass is 375 g/mol. The molecule has 27 heavy (non-hydrogen) atoms. The summed E-state index contributed by atoms with van der Waals surface area (Å²) in [6, 6.07) is 12.4. The first-order valence-electron chi connectivity index (χ1n) is 8.56. The highest BCUT2D eigenvalue weighted by molar-refractivity contribution is 5.76. The molecule has 0 aliphatic carbocycles. The molecule has 1 amide bonds. The van der Waals surface area contributed by atoms with Crippen molar-refractivity contribution in [3.05, 3.63) is 59.9 Å². The molecule has 2 aromatic rings. The minimum Gasteiger partial charge on any atom is -0.494 e. The summed E-state index contributed by atoms with van der Waals surface area (Å²) in [5.41, 5.74) is 0.883. The normalized spacial score (nSPS) is 11.5. The third-order valence-corrected chi connectivity index (χ3v) is 3.75. The highest BCUT2D eigenvalue weighted by Crippen LogP contribution is 2.18. The van der Waals surface area contributed by atoms with Crippen molar-refractivity contribution in [2.24, 2.45) is 0 Å². The summed E-state index contributed by atoms with van der Waals surface area (Å²) in [6.07, 6.45) is 0.850. The Balaban J connectivity index is 1.69. The number of amides is 1. The van der Waals surface area contributed by atoms with Gasteiger partial charge in [0.1, 0.15) is 17.3 Å². The minimum atomic E-state index is -1.04.